The number of ether oxygens (including phenoxy) is 1. The zero-order valence-electron chi connectivity index (χ0n) is 11.1. The lowest BCUT2D eigenvalue weighted by Gasteiger charge is -2.29. The smallest absolute Gasteiger partial charge is 0.251 e. The van der Waals surface area contributed by atoms with Gasteiger partial charge in [-0.15, -0.1) is 0 Å². The zero-order chi connectivity index (χ0) is 13.7. The van der Waals surface area contributed by atoms with Gasteiger partial charge in [-0.25, -0.2) is 0 Å². The fourth-order valence-electron chi connectivity index (χ4n) is 2.02. The van der Waals surface area contributed by atoms with E-state index in [-0.39, 0.29) is 5.91 Å². The molecule has 4 nitrogen and oxygen atoms in total. The first-order valence-electron chi connectivity index (χ1n) is 6.52. The van der Waals surface area contributed by atoms with E-state index in [2.05, 4.69) is 5.32 Å². The number of carbonyl (C=O) groups excluding carboxylic acids is 1. The van der Waals surface area contributed by atoms with E-state index in [1.54, 1.807) is 6.92 Å². The van der Waals surface area contributed by atoms with Gasteiger partial charge in [-0.2, -0.15) is 0 Å². The lowest BCUT2D eigenvalue weighted by atomic mass is 10.2. The van der Waals surface area contributed by atoms with E-state index in [1.165, 1.54) is 0 Å². The van der Waals surface area contributed by atoms with Gasteiger partial charge in [-0.05, 0) is 24.6 Å². The maximum atomic E-state index is 12.1. The number of hydrogen-bond donors (Lipinski definition) is 1. The Balaban J connectivity index is 1.81. The third-order valence-corrected chi connectivity index (χ3v) is 3.44. The Bertz CT molecular complexity index is 416. The second-order valence-electron chi connectivity index (χ2n) is 4.65. The van der Waals surface area contributed by atoms with Crippen LogP contribution in [0, 0.1) is 0 Å². The van der Waals surface area contributed by atoms with Crippen LogP contribution in [0.2, 0.25) is 5.02 Å². The molecule has 1 fully saturated rings. The Morgan fingerprint density at radius 1 is 1.37 bits per heavy atom. The van der Waals surface area contributed by atoms with Crippen molar-refractivity contribution >= 4 is 17.5 Å². The molecule has 1 aromatic carbocycles. The predicted molar refractivity (Wildman–Crippen MR) is 75.2 cm³/mol. The van der Waals surface area contributed by atoms with Gasteiger partial charge in [-0.3, -0.25) is 4.79 Å². The second-order valence-corrected chi connectivity index (χ2v) is 5.09. The molecule has 2 rings (SSSR count). The number of halogens is 1. The zero-order valence-corrected chi connectivity index (χ0v) is 11.8. The number of piperazine rings is 1. The van der Waals surface area contributed by atoms with E-state index in [0.717, 1.165) is 31.7 Å². The number of nitrogens with one attached hydrogen (secondary N) is 1. The van der Waals surface area contributed by atoms with Crippen LogP contribution >= 0.6 is 11.6 Å². The molecule has 1 saturated heterocycles. The van der Waals surface area contributed by atoms with Crippen molar-refractivity contribution in [2.24, 2.45) is 0 Å². The minimum atomic E-state index is -0.409. The van der Waals surface area contributed by atoms with Gasteiger partial charge in [0, 0.05) is 31.2 Å². The number of hydrogen-bond acceptors (Lipinski definition) is 3. The molecule has 1 aromatic rings. The standard InChI is InChI=1S/C14H19ClN2O2/c1-11(14(18)17-8-6-16-7-9-17)19-10-12-2-4-13(15)5-3-12/h2-5,11,16H,6-10H2,1H3. The summed E-state index contributed by atoms with van der Waals surface area (Å²) in [7, 11) is 0. The summed E-state index contributed by atoms with van der Waals surface area (Å²) in [6, 6.07) is 7.46. The van der Waals surface area contributed by atoms with Crippen molar-refractivity contribution in [2.75, 3.05) is 26.2 Å². The van der Waals surface area contributed by atoms with E-state index in [4.69, 9.17) is 16.3 Å². The summed E-state index contributed by atoms with van der Waals surface area (Å²) in [6.07, 6.45) is -0.409. The highest BCUT2D eigenvalue weighted by atomic mass is 35.5. The first-order chi connectivity index (χ1) is 9.16. The molecule has 0 saturated carbocycles. The molecule has 5 heteroatoms. The van der Waals surface area contributed by atoms with Crippen LogP contribution in [0.4, 0.5) is 0 Å². The lowest BCUT2D eigenvalue weighted by molar-refractivity contribution is -0.144. The van der Waals surface area contributed by atoms with Crippen LogP contribution < -0.4 is 5.32 Å². The second kappa shape index (κ2) is 6.89. The molecule has 0 spiro atoms. The van der Waals surface area contributed by atoms with Crippen LogP contribution in [0.15, 0.2) is 24.3 Å². The predicted octanol–water partition coefficient (Wildman–Crippen LogP) is 1.68. The normalized spacial score (nSPS) is 17.3. The van der Waals surface area contributed by atoms with Crippen LogP contribution in [-0.4, -0.2) is 43.1 Å². The summed E-state index contributed by atoms with van der Waals surface area (Å²) < 4.78 is 5.63. The number of nitrogens with zero attached hydrogens (tertiary/aromatic N) is 1. The van der Waals surface area contributed by atoms with Crippen LogP contribution in [0.3, 0.4) is 0 Å². The molecule has 1 aliphatic heterocycles. The largest absolute Gasteiger partial charge is 0.364 e. The molecular weight excluding hydrogens is 264 g/mol. The average Bonchev–Trinajstić information content (AvgIpc) is 2.46. The third-order valence-electron chi connectivity index (χ3n) is 3.19. The lowest BCUT2D eigenvalue weighted by Crippen LogP contribution is -2.49. The Labute approximate surface area is 118 Å². The summed E-state index contributed by atoms with van der Waals surface area (Å²) in [5, 5.41) is 3.93. The molecule has 104 valence electrons. The SMILES string of the molecule is CC(OCc1ccc(Cl)cc1)C(=O)N1CCNCC1. The van der Waals surface area contributed by atoms with Crippen molar-refractivity contribution in [1.82, 2.24) is 10.2 Å². The Morgan fingerprint density at radius 2 is 2.00 bits per heavy atom. The van der Waals surface area contributed by atoms with Gasteiger partial charge in [0.05, 0.1) is 6.61 Å². The summed E-state index contributed by atoms with van der Waals surface area (Å²) in [5.74, 6) is 0.0652. The minimum Gasteiger partial charge on any atom is -0.364 e. The van der Waals surface area contributed by atoms with Crippen molar-refractivity contribution in [3.05, 3.63) is 34.9 Å². The van der Waals surface area contributed by atoms with Gasteiger partial charge < -0.3 is 15.0 Å². The Kier molecular flexibility index (Phi) is 5.19. The molecule has 1 atom stereocenters. The maximum Gasteiger partial charge on any atom is 0.251 e. The monoisotopic (exact) mass is 282 g/mol. The molecule has 1 amide bonds. The molecule has 0 aromatic heterocycles. The van der Waals surface area contributed by atoms with Gasteiger partial charge >= 0.3 is 0 Å². The van der Waals surface area contributed by atoms with Crippen LogP contribution in [-0.2, 0) is 16.1 Å². The van der Waals surface area contributed by atoms with Gasteiger partial charge in [-0.1, -0.05) is 23.7 Å². The quantitative estimate of drug-likeness (QED) is 0.914. The van der Waals surface area contributed by atoms with Crippen LogP contribution in [0.25, 0.3) is 0 Å². The molecule has 1 aliphatic rings. The van der Waals surface area contributed by atoms with Crippen molar-refractivity contribution in [1.29, 1.82) is 0 Å². The minimum absolute atomic E-state index is 0.0652. The summed E-state index contributed by atoms with van der Waals surface area (Å²) in [5.41, 5.74) is 1.02. The van der Waals surface area contributed by atoms with Crippen LogP contribution in [0.5, 0.6) is 0 Å². The van der Waals surface area contributed by atoms with E-state index in [1.807, 2.05) is 29.2 Å². The van der Waals surface area contributed by atoms with Crippen molar-refractivity contribution < 1.29 is 9.53 Å². The van der Waals surface area contributed by atoms with Crippen molar-refractivity contribution in [3.63, 3.8) is 0 Å². The fraction of sp³-hybridized carbons (Fsp3) is 0.500. The maximum absolute atomic E-state index is 12.1. The molecule has 0 bridgehead atoms. The Hall–Kier alpha value is -1.10. The van der Waals surface area contributed by atoms with Crippen molar-refractivity contribution in [2.45, 2.75) is 19.6 Å². The van der Waals surface area contributed by atoms with Gasteiger partial charge in [0.15, 0.2) is 0 Å². The average molecular weight is 283 g/mol. The fourth-order valence-corrected chi connectivity index (χ4v) is 2.14. The molecule has 19 heavy (non-hydrogen) atoms. The highest BCUT2D eigenvalue weighted by molar-refractivity contribution is 6.30. The first-order valence-corrected chi connectivity index (χ1v) is 6.90. The molecule has 1 heterocycles. The van der Waals surface area contributed by atoms with Crippen LogP contribution in [0.1, 0.15) is 12.5 Å². The first kappa shape index (κ1) is 14.3. The molecule has 1 unspecified atom stereocenters. The van der Waals surface area contributed by atoms with Crippen molar-refractivity contribution in [3.8, 4) is 0 Å². The summed E-state index contributed by atoms with van der Waals surface area (Å²) in [6.45, 7) is 5.46. The molecule has 1 N–H and O–H groups in total. The number of rotatable bonds is 4. The third kappa shape index (κ3) is 4.20. The highest BCUT2D eigenvalue weighted by Gasteiger charge is 2.22. The molecule has 0 radical (unpaired) electrons. The van der Waals surface area contributed by atoms with E-state index >= 15 is 0 Å². The Morgan fingerprint density at radius 3 is 2.63 bits per heavy atom. The highest BCUT2D eigenvalue weighted by Crippen LogP contribution is 2.11. The van der Waals surface area contributed by atoms with E-state index in [9.17, 15) is 4.79 Å². The summed E-state index contributed by atoms with van der Waals surface area (Å²) >= 11 is 5.82. The number of benzene rings is 1. The number of amides is 1. The van der Waals surface area contributed by atoms with Gasteiger partial charge in [0.1, 0.15) is 6.10 Å². The van der Waals surface area contributed by atoms with E-state index < -0.39 is 6.10 Å². The molecule has 0 aliphatic carbocycles. The number of carbonyl (C=O) groups is 1. The molecular formula is C14H19ClN2O2. The van der Waals surface area contributed by atoms with Gasteiger partial charge in [0.25, 0.3) is 5.91 Å². The topological polar surface area (TPSA) is 41.6 Å². The van der Waals surface area contributed by atoms with Gasteiger partial charge in [0.2, 0.25) is 0 Å². The van der Waals surface area contributed by atoms with E-state index in [0.29, 0.717) is 11.6 Å². The summed E-state index contributed by atoms with van der Waals surface area (Å²) in [4.78, 5) is 14.0.